The number of methoxy groups -OCH3 is 2. The van der Waals surface area contributed by atoms with Crippen molar-refractivity contribution >= 4 is 17.6 Å². The highest BCUT2D eigenvalue weighted by atomic mass is 32.2. The second-order valence-corrected chi connectivity index (χ2v) is 6.98. The van der Waals surface area contributed by atoms with Crippen molar-refractivity contribution in [2.45, 2.75) is 31.3 Å². The van der Waals surface area contributed by atoms with E-state index in [-0.39, 0.29) is 0 Å². The molecule has 1 heterocycles. The summed E-state index contributed by atoms with van der Waals surface area (Å²) in [5, 5.41) is 13.7. The molecule has 29 heavy (non-hydrogen) atoms. The van der Waals surface area contributed by atoms with Crippen molar-refractivity contribution in [3.05, 3.63) is 23.8 Å². The number of hydrogen-bond donors (Lipinski definition) is 1. The first-order valence-corrected chi connectivity index (χ1v) is 10.8. The van der Waals surface area contributed by atoms with Crippen molar-refractivity contribution in [3.8, 4) is 28.8 Å². The molecule has 0 aliphatic heterocycles. The van der Waals surface area contributed by atoms with E-state index in [1.165, 1.54) is 11.8 Å². The van der Waals surface area contributed by atoms with Gasteiger partial charge in [0.1, 0.15) is 17.5 Å². The first-order chi connectivity index (χ1) is 14.2. The molecule has 156 valence electrons. The molecule has 0 aliphatic carbocycles. The van der Waals surface area contributed by atoms with Gasteiger partial charge in [0.05, 0.1) is 19.9 Å². The fourth-order valence-corrected chi connectivity index (χ4v) is 3.05. The second kappa shape index (κ2) is 12.1. The highest BCUT2D eigenvalue weighted by Crippen LogP contribution is 2.34. The average molecular weight is 417 g/mol. The van der Waals surface area contributed by atoms with Crippen LogP contribution in [-0.2, 0) is 4.74 Å². The minimum atomic E-state index is 0.405. The molecular formula is C21H28N4O3S. The predicted molar refractivity (Wildman–Crippen MR) is 116 cm³/mol. The zero-order chi connectivity index (χ0) is 21.1. The molecule has 0 saturated carbocycles. The summed E-state index contributed by atoms with van der Waals surface area (Å²) in [5.41, 5.74) is 1.74. The SMILES string of the molecule is CCCCOCCCNc1nc(SC)nc(-c2ccc(OC)c(OC)c2)c1C#N. The zero-order valence-corrected chi connectivity index (χ0v) is 18.3. The van der Waals surface area contributed by atoms with Crippen LogP contribution < -0.4 is 14.8 Å². The van der Waals surface area contributed by atoms with Crippen molar-refractivity contribution in [1.82, 2.24) is 9.97 Å². The van der Waals surface area contributed by atoms with Gasteiger partial charge >= 0.3 is 0 Å². The van der Waals surface area contributed by atoms with Gasteiger partial charge in [0.25, 0.3) is 0 Å². The molecular weight excluding hydrogens is 388 g/mol. The Labute approximate surface area is 176 Å². The summed E-state index contributed by atoms with van der Waals surface area (Å²) in [7, 11) is 3.17. The summed E-state index contributed by atoms with van der Waals surface area (Å²) >= 11 is 1.43. The van der Waals surface area contributed by atoms with Crippen LogP contribution in [0.5, 0.6) is 11.5 Å². The maximum atomic E-state index is 9.79. The molecule has 2 aromatic rings. The maximum Gasteiger partial charge on any atom is 0.189 e. The number of aromatic nitrogens is 2. The number of ether oxygens (including phenoxy) is 3. The number of unbranched alkanes of at least 4 members (excludes halogenated alkanes) is 1. The first-order valence-electron chi connectivity index (χ1n) is 9.58. The average Bonchev–Trinajstić information content (AvgIpc) is 2.77. The number of thioether (sulfide) groups is 1. The summed E-state index contributed by atoms with van der Waals surface area (Å²) in [6, 6.07) is 7.73. The van der Waals surface area contributed by atoms with Crippen molar-refractivity contribution in [2.24, 2.45) is 0 Å². The summed E-state index contributed by atoms with van der Waals surface area (Å²) in [6.45, 7) is 4.27. The third-order valence-electron chi connectivity index (χ3n) is 4.24. The van der Waals surface area contributed by atoms with Gasteiger partial charge in [-0.1, -0.05) is 25.1 Å². The lowest BCUT2D eigenvalue weighted by atomic mass is 10.1. The normalized spacial score (nSPS) is 10.4. The van der Waals surface area contributed by atoms with E-state index in [1.807, 2.05) is 18.4 Å². The Kier molecular flexibility index (Phi) is 9.54. The summed E-state index contributed by atoms with van der Waals surface area (Å²) in [5.74, 6) is 1.73. The molecule has 1 N–H and O–H groups in total. The van der Waals surface area contributed by atoms with Crippen LogP contribution in [0, 0.1) is 11.3 Å². The number of nitrogens with zero attached hydrogens (tertiary/aromatic N) is 3. The fourth-order valence-electron chi connectivity index (χ4n) is 2.69. The quantitative estimate of drug-likeness (QED) is 0.310. The van der Waals surface area contributed by atoms with Gasteiger partial charge in [-0.2, -0.15) is 5.26 Å². The van der Waals surface area contributed by atoms with Crippen LogP contribution in [0.4, 0.5) is 5.82 Å². The van der Waals surface area contributed by atoms with Crippen LogP contribution >= 0.6 is 11.8 Å². The predicted octanol–water partition coefficient (Wildman–Crippen LogP) is 4.37. The molecule has 0 aliphatic rings. The Hall–Kier alpha value is -2.50. The Balaban J connectivity index is 2.25. The topological polar surface area (TPSA) is 89.3 Å². The molecule has 0 atom stereocenters. The van der Waals surface area contributed by atoms with Crippen molar-refractivity contribution in [2.75, 3.05) is 45.6 Å². The van der Waals surface area contributed by atoms with Crippen LogP contribution in [-0.4, -0.2) is 50.2 Å². The molecule has 0 amide bonds. The van der Waals surface area contributed by atoms with Crippen molar-refractivity contribution in [1.29, 1.82) is 5.26 Å². The monoisotopic (exact) mass is 416 g/mol. The van der Waals surface area contributed by atoms with E-state index in [0.29, 0.717) is 46.9 Å². The lowest BCUT2D eigenvalue weighted by molar-refractivity contribution is 0.131. The van der Waals surface area contributed by atoms with Crippen LogP contribution in [0.25, 0.3) is 11.3 Å². The summed E-state index contributed by atoms with van der Waals surface area (Å²) in [6.07, 6.45) is 4.94. The number of nitrogens with one attached hydrogen (secondary N) is 1. The first kappa shape index (κ1) is 22.8. The highest BCUT2D eigenvalue weighted by molar-refractivity contribution is 7.98. The molecule has 7 nitrogen and oxygen atoms in total. The summed E-state index contributed by atoms with van der Waals surface area (Å²) < 4.78 is 16.3. The number of rotatable bonds is 12. The van der Waals surface area contributed by atoms with E-state index in [1.54, 1.807) is 20.3 Å². The van der Waals surface area contributed by atoms with Gasteiger partial charge in [0.2, 0.25) is 0 Å². The molecule has 0 fully saturated rings. The Morgan fingerprint density at radius 2 is 1.86 bits per heavy atom. The highest BCUT2D eigenvalue weighted by Gasteiger charge is 2.17. The van der Waals surface area contributed by atoms with Gasteiger partial charge in [-0.3, -0.25) is 0 Å². The van der Waals surface area contributed by atoms with Gasteiger partial charge < -0.3 is 19.5 Å². The number of anilines is 1. The van der Waals surface area contributed by atoms with Crippen molar-refractivity contribution in [3.63, 3.8) is 0 Å². The fraction of sp³-hybridized carbons (Fsp3) is 0.476. The molecule has 0 unspecified atom stereocenters. The lowest BCUT2D eigenvalue weighted by Crippen LogP contribution is -2.10. The third kappa shape index (κ3) is 6.24. The Morgan fingerprint density at radius 3 is 2.52 bits per heavy atom. The Morgan fingerprint density at radius 1 is 1.10 bits per heavy atom. The molecule has 0 saturated heterocycles. The third-order valence-corrected chi connectivity index (χ3v) is 4.79. The van der Waals surface area contributed by atoms with Crippen LogP contribution in [0.15, 0.2) is 23.4 Å². The van der Waals surface area contributed by atoms with Gasteiger partial charge in [0.15, 0.2) is 16.7 Å². The van der Waals surface area contributed by atoms with E-state index in [2.05, 4.69) is 28.3 Å². The van der Waals surface area contributed by atoms with Crippen LogP contribution in [0.3, 0.4) is 0 Å². The molecule has 8 heteroatoms. The molecule has 1 aromatic heterocycles. The van der Waals surface area contributed by atoms with E-state index in [9.17, 15) is 5.26 Å². The zero-order valence-electron chi connectivity index (χ0n) is 17.4. The van der Waals surface area contributed by atoms with Crippen LogP contribution in [0.1, 0.15) is 31.7 Å². The van der Waals surface area contributed by atoms with E-state index >= 15 is 0 Å². The number of benzene rings is 1. The minimum absolute atomic E-state index is 0.405. The second-order valence-electron chi connectivity index (χ2n) is 6.21. The lowest BCUT2D eigenvalue weighted by Gasteiger charge is -2.14. The Bertz CT molecular complexity index is 839. The standard InChI is InChI=1S/C21H28N4O3S/c1-5-6-11-28-12-7-10-23-20-16(14-22)19(24-21(25-20)29-4)15-8-9-17(26-2)18(13-15)27-3/h8-9,13H,5-7,10-12H2,1-4H3,(H,23,24,25). The van der Waals surface area contributed by atoms with Crippen molar-refractivity contribution < 1.29 is 14.2 Å². The van der Waals surface area contributed by atoms with E-state index in [4.69, 9.17) is 14.2 Å². The van der Waals surface area contributed by atoms with Gasteiger partial charge in [-0.05, 0) is 37.3 Å². The van der Waals surface area contributed by atoms with Crippen LogP contribution in [0.2, 0.25) is 0 Å². The van der Waals surface area contributed by atoms with E-state index < -0.39 is 0 Å². The molecule has 0 spiro atoms. The number of hydrogen-bond acceptors (Lipinski definition) is 8. The van der Waals surface area contributed by atoms with Gasteiger partial charge in [-0.25, -0.2) is 9.97 Å². The molecule has 0 bridgehead atoms. The molecule has 2 rings (SSSR count). The van der Waals surface area contributed by atoms with E-state index in [0.717, 1.165) is 31.4 Å². The smallest absolute Gasteiger partial charge is 0.189 e. The minimum Gasteiger partial charge on any atom is -0.493 e. The maximum absolute atomic E-state index is 9.79. The number of nitriles is 1. The van der Waals surface area contributed by atoms with Gasteiger partial charge in [0, 0.05) is 25.3 Å². The largest absolute Gasteiger partial charge is 0.493 e. The molecule has 0 radical (unpaired) electrons. The summed E-state index contributed by atoms with van der Waals surface area (Å²) in [4.78, 5) is 9.06. The molecule has 1 aromatic carbocycles. The van der Waals surface area contributed by atoms with Gasteiger partial charge in [-0.15, -0.1) is 0 Å².